The Morgan fingerprint density at radius 1 is 1.26 bits per heavy atom. The Kier molecular flexibility index (Phi) is 5.05. The van der Waals surface area contributed by atoms with Crippen LogP contribution in [0.2, 0.25) is 5.02 Å². The van der Waals surface area contributed by atoms with Crippen molar-refractivity contribution in [3.05, 3.63) is 57.6 Å². The number of aromatic nitrogens is 2. The van der Waals surface area contributed by atoms with Crippen molar-refractivity contribution in [2.75, 3.05) is 0 Å². The van der Waals surface area contributed by atoms with Crippen LogP contribution in [0.25, 0.3) is 11.5 Å². The van der Waals surface area contributed by atoms with Crippen LogP contribution in [0.4, 0.5) is 0 Å². The van der Waals surface area contributed by atoms with Crippen molar-refractivity contribution in [3.8, 4) is 11.5 Å². The van der Waals surface area contributed by atoms with Gasteiger partial charge in [0, 0.05) is 35.4 Å². The molecule has 0 fully saturated rings. The van der Waals surface area contributed by atoms with E-state index in [4.69, 9.17) is 16.0 Å². The second-order valence-electron chi connectivity index (χ2n) is 4.88. The molecule has 3 rings (SSSR count). The number of rotatable bonds is 6. The van der Waals surface area contributed by atoms with Crippen molar-refractivity contribution in [2.24, 2.45) is 0 Å². The molecule has 5 nitrogen and oxygen atoms in total. The molecule has 118 valence electrons. The van der Waals surface area contributed by atoms with Gasteiger partial charge in [-0.1, -0.05) is 29.8 Å². The van der Waals surface area contributed by atoms with E-state index in [1.165, 1.54) is 0 Å². The van der Waals surface area contributed by atoms with E-state index in [-0.39, 0.29) is 12.3 Å². The topological polar surface area (TPSA) is 68.0 Å². The second kappa shape index (κ2) is 7.39. The zero-order chi connectivity index (χ0) is 16.1. The van der Waals surface area contributed by atoms with Crippen LogP contribution in [0.5, 0.6) is 0 Å². The van der Waals surface area contributed by atoms with Crippen LogP contribution in [-0.4, -0.2) is 16.1 Å². The van der Waals surface area contributed by atoms with Crippen LogP contribution in [-0.2, 0) is 17.8 Å². The fraction of sp³-hybridized carbons (Fsp3) is 0.188. The molecule has 0 saturated carbocycles. The molecule has 0 radical (unpaired) electrons. The van der Waals surface area contributed by atoms with Crippen molar-refractivity contribution in [3.63, 3.8) is 0 Å². The Labute approximate surface area is 142 Å². The van der Waals surface area contributed by atoms with E-state index in [0.29, 0.717) is 29.8 Å². The first-order chi connectivity index (χ1) is 11.2. The molecule has 23 heavy (non-hydrogen) atoms. The fourth-order valence-corrected chi connectivity index (χ4v) is 2.83. The number of carbonyl (C=O) groups is 1. The Balaban J connectivity index is 1.49. The molecule has 0 aliphatic heterocycles. The summed E-state index contributed by atoms with van der Waals surface area (Å²) in [5, 5.41) is 15.3. The number of carbonyl (C=O) groups excluding carboxylic acids is 1. The highest BCUT2D eigenvalue weighted by molar-refractivity contribution is 7.08. The minimum atomic E-state index is -0.0831. The first kappa shape index (κ1) is 15.7. The summed E-state index contributed by atoms with van der Waals surface area (Å²) in [7, 11) is 0. The van der Waals surface area contributed by atoms with Crippen molar-refractivity contribution in [1.29, 1.82) is 0 Å². The average molecular weight is 348 g/mol. The molecule has 0 saturated heterocycles. The highest BCUT2D eigenvalue weighted by Crippen LogP contribution is 2.20. The summed E-state index contributed by atoms with van der Waals surface area (Å²) in [6.07, 6.45) is 0.696. The Morgan fingerprint density at radius 2 is 2.13 bits per heavy atom. The highest BCUT2D eigenvalue weighted by atomic mass is 35.5. The van der Waals surface area contributed by atoms with E-state index < -0.39 is 0 Å². The molecule has 0 bridgehead atoms. The lowest BCUT2D eigenvalue weighted by molar-refractivity contribution is -0.121. The number of halogens is 1. The summed E-state index contributed by atoms with van der Waals surface area (Å²) in [4.78, 5) is 11.9. The Bertz CT molecular complexity index is 786. The Hall–Kier alpha value is -2.18. The molecule has 0 aliphatic carbocycles. The highest BCUT2D eigenvalue weighted by Gasteiger charge is 2.11. The van der Waals surface area contributed by atoms with Gasteiger partial charge < -0.3 is 9.73 Å². The summed E-state index contributed by atoms with van der Waals surface area (Å²) >= 11 is 7.61. The summed E-state index contributed by atoms with van der Waals surface area (Å²) in [6.45, 7) is 0.405. The molecule has 0 unspecified atom stereocenters. The average Bonchev–Trinajstić information content (AvgIpc) is 3.23. The lowest BCUT2D eigenvalue weighted by atomic mass is 10.2. The van der Waals surface area contributed by atoms with E-state index in [1.54, 1.807) is 17.4 Å². The third-order valence-electron chi connectivity index (χ3n) is 3.23. The van der Waals surface area contributed by atoms with E-state index in [2.05, 4.69) is 15.5 Å². The van der Waals surface area contributed by atoms with E-state index in [9.17, 15) is 4.79 Å². The van der Waals surface area contributed by atoms with Crippen molar-refractivity contribution in [2.45, 2.75) is 19.4 Å². The number of thiophene rings is 1. The third kappa shape index (κ3) is 4.18. The van der Waals surface area contributed by atoms with Gasteiger partial charge in [0.25, 0.3) is 0 Å². The van der Waals surface area contributed by atoms with Crippen LogP contribution in [0.1, 0.15) is 17.9 Å². The number of nitrogens with one attached hydrogen (secondary N) is 1. The molecule has 3 aromatic rings. The normalized spacial score (nSPS) is 10.7. The minimum Gasteiger partial charge on any atom is -0.421 e. The van der Waals surface area contributed by atoms with Gasteiger partial charge in [-0.3, -0.25) is 4.79 Å². The van der Waals surface area contributed by atoms with Crippen LogP contribution >= 0.6 is 22.9 Å². The van der Waals surface area contributed by atoms with E-state index in [0.717, 1.165) is 11.1 Å². The monoisotopic (exact) mass is 347 g/mol. The van der Waals surface area contributed by atoms with Crippen molar-refractivity contribution >= 4 is 28.8 Å². The summed E-state index contributed by atoms with van der Waals surface area (Å²) in [5.41, 5.74) is 1.79. The predicted octanol–water partition coefficient (Wildman–Crippen LogP) is 3.70. The minimum absolute atomic E-state index is 0.0831. The van der Waals surface area contributed by atoms with Gasteiger partial charge in [0.1, 0.15) is 0 Å². The number of hydrogen-bond donors (Lipinski definition) is 1. The molecule has 1 N–H and O–H groups in total. The van der Waals surface area contributed by atoms with Gasteiger partial charge in [-0.25, -0.2) is 0 Å². The zero-order valence-corrected chi connectivity index (χ0v) is 13.7. The number of aryl methyl sites for hydroxylation is 1. The smallest absolute Gasteiger partial charge is 0.248 e. The Morgan fingerprint density at radius 3 is 2.91 bits per heavy atom. The SMILES string of the molecule is O=C(CCc1nnc(-c2ccsc2)o1)NCc1ccccc1Cl. The van der Waals surface area contributed by atoms with Crippen LogP contribution in [0.3, 0.4) is 0 Å². The molecule has 0 atom stereocenters. The first-order valence-electron chi connectivity index (χ1n) is 7.07. The number of benzene rings is 1. The number of nitrogens with zero attached hydrogens (tertiary/aromatic N) is 2. The first-order valence-corrected chi connectivity index (χ1v) is 8.39. The second-order valence-corrected chi connectivity index (χ2v) is 6.07. The third-order valence-corrected chi connectivity index (χ3v) is 4.29. The van der Waals surface area contributed by atoms with Gasteiger partial charge in [-0.05, 0) is 23.1 Å². The molecule has 2 heterocycles. The lowest BCUT2D eigenvalue weighted by Crippen LogP contribution is -2.23. The maximum absolute atomic E-state index is 11.9. The maximum atomic E-state index is 11.9. The fourth-order valence-electron chi connectivity index (χ4n) is 2.00. The van der Waals surface area contributed by atoms with Crippen molar-refractivity contribution < 1.29 is 9.21 Å². The number of hydrogen-bond acceptors (Lipinski definition) is 5. The zero-order valence-electron chi connectivity index (χ0n) is 12.2. The molecule has 0 aliphatic rings. The molecule has 1 amide bonds. The summed E-state index contributed by atoms with van der Waals surface area (Å²) in [5.74, 6) is 0.858. The molecule has 7 heteroatoms. The number of amides is 1. The predicted molar refractivity (Wildman–Crippen MR) is 89.2 cm³/mol. The molecular formula is C16H14ClN3O2S. The molecule has 2 aromatic heterocycles. The van der Waals surface area contributed by atoms with Crippen LogP contribution in [0, 0.1) is 0 Å². The van der Waals surface area contributed by atoms with E-state index >= 15 is 0 Å². The van der Waals surface area contributed by atoms with E-state index in [1.807, 2.05) is 35.0 Å². The largest absolute Gasteiger partial charge is 0.421 e. The van der Waals surface area contributed by atoms with Gasteiger partial charge in [0.2, 0.25) is 17.7 Å². The van der Waals surface area contributed by atoms with Gasteiger partial charge in [0.15, 0.2) is 0 Å². The van der Waals surface area contributed by atoms with Gasteiger partial charge in [-0.2, -0.15) is 11.3 Å². The quantitative estimate of drug-likeness (QED) is 0.738. The molecule has 1 aromatic carbocycles. The van der Waals surface area contributed by atoms with Gasteiger partial charge in [-0.15, -0.1) is 10.2 Å². The molecular weight excluding hydrogens is 334 g/mol. The van der Waals surface area contributed by atoms with Gasteiger partial charge in [0.05, 0.1) is 0 Å². The molecule has 0 spiro atoms. The maximum Gasteiger partial charge on any atom is 0.248 e. The van der Waals surface area contributed by atoms with Gasteiger partial charge >= 0.3 is 0 Å². The lowest BCUT2D eigenvalue weighted by Gasteiger charge is -2.06. The summed E-state index contributed by atoms with van der Waals surface area (Å²) in [6, 6.07) is 9.34. The summed E-state index contributed by atoms with van der Waals surface area (Å²) < 4.78 is 5.54. The standard InChI is InChI=1S/C16H14ClN3O2S/c17-13-4-2-1-3-11(13)9-18-14(21)5-6-15-19-20-16(22-15)12-7-8-23-10-12/h1-4,7-8,10H,5-6,9H2,(H,18,21). The van der Waals surface area contributed by atoms with Crippen molar-refractivity contribution in [1.82, 2.24) is 15.5 Å². The van der Waals surface area contributed by atoms with Crippen LogP contribution < -0.4 is 5.32 Å². The van der Waals surface area contributed by atoms with Crippen LogP contribution in [0.15, 0.2) is 45.5 Å².